The number of carbonyl (C=O) groups is 1. The predicted octanol–water partition coefficient (Wildman–Crippen LogP) is -0.194. The zero-order chi connectivity index (χ0) is 17.5. The molecule has 5 N–H and O–H groups in total. The summed E-state index contributed by atoms with van der Waals surface area (Å²) < 4.78 is 0. The van der Waals surface area contributed by atoms with Crippen LogP contribution in [0.25, 0.3) is 0 Å². The number of piperazine rings is 1. The Balaban J connectivity index is 2.09. The number of carbonyl (C=O) groups excluding carboxylic acids is 1. The van der Waals surface area contributed by atoms with Gasteiger partial charge < -0.3 is 10.6 Å². The summed E-state index contributed by atoms with van der Waals surface area (Å²) in [7, 11) is 2.04. The molecule has 1 aromatic rings. The lowest BCUT2D eigenvalue weighted by molar-refractivity contribution is 0.0663. The molecule has 9 heteroatoms. The van der Waals surface area contributed by atoms with Crippen molar-refractivity contribution in [2.24, 2.45) is 10.8 Å². The van der Waals surface area contributed by atoms with E-state index in [1.807, 2.05) is 12.1 Å². The number of likely N-dealkylation sites (N-methyl/N-ethyl adjacent to an activating group) is 1. The van der Waals surface area contributed by atoms with Crippen molar-refractivity contribution >= 4 is 23.1 Å². The molecule has 1 aliphatic heterocycles. The van der Waals surface area contributed by atoms with Gasteiger partial charge in [-0.15, -0.1) is 0 Å². The van der Waals surface area contributed by atoms with E-state index in [2.05, 4.69) is 20.9 Å². The first kappa shape index (κ1) is 17.4. The van der Waals surface area contributed by atoms with Crippen molar-refractivity contribution in [2.75, 3.05) is 38.7 Å². The average Bonchev–Trinajstić information content (AvgIpc) is 2.57. The van der Waals surface area contributed by atoms with Crippen LogP contribution in [0.4, 0.5) is 5.69 Å². The van der Waals surface area contributed by atoms with Crippen LogP contribution in [0.2, 0.25) is 0 Å². The number of hydrazine groups is 1. The van der Waals surface area contributed by atoms with Gasteiger partial charge in [0.15, 0.2) is 5.84 Å². The Hall–Kier alpha value is -2.96. The van der Waals surface area contributed by atoms with Gasteiger partial charge in [0.1, 0.15) is 6.07 Å². The number of amides is 1. The lowest BCUT2D eigenvalue weighted by atomic mass is 10.2. The molecule has 1 fully saturated rings. The van der Waals surface area contributed by atoms with Gasteiger partial charge in [0.05, 0.1) is 11.3 Å². The monoisotopic (exact) mass is 328 g/mol. The van der Waals surface area contributed by atoms with Gasteiger partial charge in [0.2, 0.25) is 5.71 Å². The minimum absolute atomic E-state index is 0.246. The molecule has 9 nitrogen and oxygen atoms in total. The number of hydrazone groups is 1. The number of para-hydroxylation sites is 1. The third kappa shape index (κ3) is 4.52. The fraction of sp³-hybridized carbons (Fsp3) is 0.333. The van der Waals surface area contributed by atoms with Gasteiger partial charge in [-0.1, -0.05) is 12.1 Å². The number of hydrogen-bond donors (Lipinski definition) is 4. The summed E-state index contributed by atoms with van der Waals surface area (Å²) in [5.41, 5.74) is 11.3. The summed E-state index contributed by atoms with van der Waals surface area (Å²) >= 11 is 0. The second-order valence-corrected chi connectivity index (χ2v) is 5.37. The van der Waals surface area contributed by atoms with Crippen molar-refractivity contribution in [1.82, 2.24) is 15.3 Å². The molecule has 1 aliphatic rings. The average molecular weight is 328 g/mol. The number of benzene rings is 1. The quantitative estimate of drug-likeness (QED) is 0.336. The van der Waals surface area contributed by atoms with Crippen LogP contribution in [-0.4, -0.2) is 60.6 Å². The van der Waals surface area contributed by atoms with Crippen LogP contribution in [0, 0.1) is 16.7 Å². The standard InChI is InChI=1S/C15H20N8O/c1-22-6-8-23(9-7-22)21-15(24)11-4-2-3-5-12(11)19-20-13(10-16)14(17)18/h2-5,19H,6-9H2,1H3,(H3,17,18)(H,21,24)/b20-13+. The lowest BCUT2D eigenvalue weighted by Gasteiger charge is -2.32. The van der Waals surface area contributed by atoms with Gasteiger partial charge in [-0.3, -0.25) is 21.1 Å². The Bertz CT molecular complexity index is 685. The van der Waals surface area contributed by atoms with Crippen molar-refractivity contribution in [3.63, 3.8) is 0 Å². The van der Waals surface area contributed by atoms with E-state index in [-0.39, 0.29) is 11.6 Å². The zero-order valence-electron chi connectivity index (χ0n) is 13.4. The van der Waals surface area contributed by atoms with Gasteiger partial charge >= 0.3 is 0 Å². The molecule has 0 aromatic heterocycles. The highest BCUT2D eigenvalue weighted by molar-refractivity contribution is 6.45. The maximum Gasteiger partial charge on any atom is 0.267 e. The molecule has 2 rings (SSSR count). The van der Waals surface area contributed by atoms with Crippen LogP contribution in [0.5, 0.6) is 0 Å². The summed E-state index contributed by atoms with van der Waals surface area (Å²) in [5.74, 6) is -0.705. The van der Waals surface area contributed by atoms with E-state index in [1.54, 1.807) is 30.3 Å². The Labute approximate surface area is 140 Å². The molecule has 0 spiro atoms. The van der Waals surface area contributed by atoms with E-state index in [1.165, 1.54) is 0 Å². The predicted molar refractivity (Wildman–Crippen MR) is 91.6 cm³/mol. The molecule has 0 aliphatic carbocycles. The fourth-order valence-corrected chi connectivity index (χ4v) is 2.16. The van der Waals surface area contributed by atoms with E-state index in [4.69, 9.17) is 16.4 Å². The summed E-state index contributed by atoms with van der Waals surface area (Å²) in [6, 6.07) is 8.52. The van der Waals surface area contributed by atoms with E-state index in [0.29, 0.717) is 11.3 Å². The Morgan fingerprint density at radius 2 is 2.00 bits per heavy atom. The molecule has 126 valence electrons. The maximum absolute atomic E-state index is 12.5. The first-order valence-corrected chi connectivity index (χ1v) is 7.43. The number of amidine groups is 1. The third-order valence-corrected chi connectivity index (χ3v) is 3.58. The van der Waals surface area contributed by atoms with Gasteiger partial charge in [-0.2, -0.15) is 10.4 Å². The topological polar surface area (TPSA) is 134 Å². The minimum atomic E-state index is -0.440. The number of anilines is 1. The molecule has 0 bridgehead atoms. The second kappa shape index (κ2) is 8.05. The number of hydrogen-bond acceptors (Lipinski definition) is 7. The van der Waals surface area contributed by atoms with E-state index in [9.17, 15) is 4.79 Å². The minimum Gasteiger partial charge on any atom is -0.382 e. The molecule has 24 heavy (non-hydrogen) atoms. The second-order valence-electron chi connectivity index (χ2n) is 5.37. The largest absolute Gasteiger partial charge is 0.382 e. The molecule has 1 heterocycles. The zero-order valence-corrected chi connectivity index (χ0v) is 13.4. The normalized spacial score (nSPS) is 16.2. The van der Waals surface area contributed by atoms with Crippen LogP contribution < -0.4 is 16.6 Å². The van der Waals surface area contributed by atoms with E-state index >= 15 is 0 Å². The summed E-state index contributed by atoms with van der Waals surface area (Å²) in [6.45, 7) is 3.26. The molecule has 1 amide bonds. The van der Waals surface area contributed by atoms with Crippen molar-refractivity contribution in [3.8, 4) is 6.07 Å². The van der Waals surface area contributed by atoms with Crippen molar-refractivity contribution in [2.45, 2.75) is 0 Å². The maximum atomic E-state index is 12.5. The van der Waals surface area contributed by atoms with Crippen molar-refractivity contribution in [1.29, 1.82) is 10.7 Å². The van der Waals surface area contributed by atoms with Crippen molar-refractivity contribution < 1.29 is 4.79 Å². The van der Waals surface area contributed by atoms with E-state index < -0.39 is 5.84 Å². The molecular formula is C15H20N8O. The first-order valence-electron chi connectivity index (χ1n) is 7.43. The molecule has 1 saturated heterocycles. The summed E-state index contributed by atoms with van der Waals surface area (Å²) in [4.78, 5) is 14.7. The molecule has 1 aromatic carbocycles. The van der Waals surface area contributed by atoms with Crippen molar-refractivity contribution in [3.05, 3.63) is 29.8 Å². The molecule has 0 radical (unpaired) electrons. The fourth-order valence-electron chi connectivity index (χ4n) is 2.16. The lowest BCUT2D eigenvalue weighted by Crippen LogP contribution is -2.52. The summed E-state index contributed by atoms with van der Waals surface area (Å²) in [6.07, 6.45) is 0. The Morgan fingerprint density at radius 1 is 1.33 bits per heavy atom. The van der Waals surface area contributed by atoms with Gasteiger partial charge in [0.25, 0.3) is 5.91 Å². The van der Waals surface area contributed by atoms with Crippen LogP contribution >= 0.6 is 0 Å². The Kier molecular flexibility index (Phi) is 5.83. The van der Waals surface area contributed by atoms with Gasteiger partial charge in [-0.05, 0) is 19.2 Å². The van der Waals surface area contributed by atoms with E-state index in [0.717, 1.165) is 26.2 Å². The number of nitrogens with two attached hydrogens (primary N) is 1. The molecule has 0 unspecified atom stereocenters. The Morgan fingerprint density at radius 3 is 2.62 bits per heavy atom. The molecule has 0 saturated carbocycles. The summed E-state index contributed by atoms with van der Waals surface area (Å²) in [5, 5.41) is 21.7. The van der Waals surface area contributed by atoms with Gasteiger partial charge in [-0.25, -0.2) is 5.01 Å². The number of nitrogens with one attached hydrogen (secondary N) is 3. The number of nitrogens with zero attached hydrogens (tertiary/aromatic N) is 4. The number of nitriles is 1. The highest BCUT2D eigenvalue weighted by atomic mass is 16.2. The van der Waals surface area contributed by atoms with Gasteiger partial charge in [0, 0.05) is 26.2 Å². The molecule has 0 atom stereocenters. The highest BCUT2D eigenvalue weighted by Crippen LogP contribution is 2.15. The van der Waals surface area contributed by atoms with Crippen LogP contribution in [-0.2, 0) is 0 Å². The first-order chi connectivity index (χ1) is 11.5. The SMILES string of the molecule is CN1CCN(NC(=O)c2ccccc2N/N=C(\C#N)C(=N)N)CC1. The number of rotatable bonds is 5. The van der Waals surface area contributed by atoms with Crippen LogP contribution in [0.3, 0.4) is 0 Å². The highest BCUT2D eigenvalue weighted by Gasteiger charge is 2.18. The molecular weight excluding hydrogens is 308 g/mol. The van der Waals surface area contributed by atoms with Crippen LogP contribution in [0.15, 0.2) is 29.4 Å². The smallest absolute Gasteiger partial charge is 0.267 e. The third-order valence-electron chi connectivity index (χ3n) is 3.58. The van der Waals surface area contributed by atoms with Crippen LogP contribution in [0.1, 0.15) is 10.4 Å².